The molecule has 18 heavy (non-hydrogen) atoms. The predicted molar refractivity (Wildman–Crippen MR) is 76.3 cm³/mol. The highest BCUT2D eigenvalue weighted by molar-refractivity contribution is 5.68. The molecule has 1 aromatic carbocycles. The lowest BCUT2D eigenvalue weighted by Gasteiger charge is -2.17. The second-order valence-electron chi connectivity index (χ2n) is 4.44. The summed E-state index contributed by atoms with van der Waals surface area (Å²) >= 11 is 0. The summed E-state index contributed by atoms with van der Waals surface area (Å²) in [4.78, 5) is 0. The maximum absolute atomic E-state index is 8.80. The fourth-order valence-electron chi connectivity index (χ4n) is 1.91. The van der Waals surface area contributed by atoms with Crippen molar-refractivity contribution in [2.75, 3.05) is 36.9 Å². The van der Waals surface area contributed by atoms with Crippen LogP contribution in [0.2, 0.25) is 0 Å². The number of aryl methyl sites for hydroxylation is 1. The lowest BCUT2D eigenvalue weighted by molar-refractivity contribution is 0.292. The Balaban J connectivity index is 2.72. The van der Waals surface area contributed by atoms with Crippen molar-refractivity contribution in [1.29, 1.82) is 0 Å². The van der Waals surface area contributed by atoms with Crippen molar-refractivity contribution >= 4 is 11.4 Å². The molecule has 0 radical (unpaired) electrons. The number of aliphatic hydroxyl groups excluding tert-OH is 2. The topological polar surface area (TPSA) is 64.5 Å². The summed E-state index contributed by atoms with van der Waals surface area (Å²) in [5.41, 5.74) is 4.63. The molecule has 102 valence electrons. The maximum atomic E-state index is 8.80. The Hall–Kier alpha value is -1.26. The summed E-state index contributed by atoms with van der Waals surface area (Å²) in [7, 11) is 0. The van der Waals surface area contributed by atoms with Crippen molar-refractivity contribution in [2.24, 2.45) is 0 Å². The van der Waals surface area contributed by atoms with Crippen molar-refractivity contribution in [2.45, 2.75) is 26.7 Å². The Kier molecular flexibility index (Phi) is 6.54. The maximum Gasteiger partial charge on any atom is 0.0447 e. The van der Waals surface area contributed by atoms with Gasteiger partial charge in [-0.15, -0.1) is 0 Å². The van der Waals surface area contributed by atoms with E-state index < -0.39 is 0 Å². The van der Waals surface area contributed by atoms with Gasteiger partial charge in [0.05, 0.1) is 0 Å². The minimum absolute atomic E-state index is 0.208. The molecule has 0 bridgehead atoms. The van der Waals surface area contributed by atoms with Crippen LogP contribution in [0, 0.1) is 13.8 Å². The molecule has 0 amide bonds. The first-order valence-corrected chi connectivity index (χ1v) is 6.50. The van der Waals surface area contributed by atoms with E-state index in [1.54, 1.807) is 0 Å². The first kappa shape index (κ1) is 14.8. The highest BCUT2D eigenvalue weighted by atomic mass is 16.3. The lowest BCUT2D eigenvalue weighted by Crippen LogP contribution is -2.09. The third-order valence-corrected chi connectivity index (χ3v) is 2.96. The van der Waals surface area contributed by atoms with Gasteiger partial charge in [0.25, 0.3) is 0 Å². The molecule has 1 rings (SSSR count). The zero-order valence-corrected chi connectivity index (χ0v) is 11.3. The SMILES string of the molecule is Cc1ccc(NCCCO)c(C)c1NCCCO. The fourth-order valence-corrected chi connectivity index (χ4v) is 1.91. The number of hydrogen-bond acceptors (Lipinski definition) is 4. The van der Waals surface area contributed by atoms with Gasteiger partial charge < -0.3 is 20.8 Å². The van der Waals surface area contributed by atoms with Crippen LogP contribution in [-0.4, -0.2) is 36.5 Å². The van der Waals surface area contributed by atoms with Gasteiger partial charge in [-0.25, -0.2) is 0 Å². The van der Waals surface area contributed by atoms with E-state index in [0.29, 0.717) is 0 Å². The second-order valence-corrected chi connectivity index (χ2v) is 4.44. The zero-order valence-electron chi connectivity index (χ0n) is 11.3. The van der Waals surface area contributed by atoms with E-state index in [4.69, 9.17) is 10.2 Å². The van der Waals surface area contributed by atoms with Gasteiger partial charge in [0.2, 0.25) is 0 Å². The molecule has 0 aromatic heterocycles. The van der Waals surface area contributed by atoms with E-state index in [9.17, 15) is 0 Å². The molecule has 0 saturated carbocycles. The largest absolute Gasteiger partial charge is 0.396 e. The number of aliphatic hydroxyl groups is 2. The second kappa shape index (κ2) is 7.95. The van der Waals surface area contributed by atoms with Crippen LogP contribution in [0.3, 0.4) is 0 Å². The molecular formula is C14H24N2O2. The van der Waals surface area contributed by atoms with E-state index in [1.807, 2.05) is 0 Å². The number of anilines is 2. The summed E-state index contributed by atoms with van der Waals surface area (Å²) in [6, 6.07) is 4.15. The molecule has 0 heterocycles. The molecule has 0 aliphatic rings. The molecular weight excluding hydrogens is 228 g/mol. The van der Waals surface area contributed by atoms with Crippen LogP contribution in [0.25, 0.3) is 0 Å². The number of nitrogens with one attached hydrogen (secondary N) is 2. The third-order valence-electron chi connectivity index (χ3n) is 2.96. The van der Waals surface area contributed by atoms with Gasteiger partial charge in [-0.3, -0.25) is 0 Å². The number of benzene rings is 1. The summed E-state index contributed by atoms with van der Waals surface area (Å²) < 4.78 is 0. The minimum Gasteiger partial charge on any atom is -0.396 e. The van der Waals surface area contributed by atoms with Crippen molar-refractivity contribution < 1.29 is 10.2 Å². The predicted octanol–water partition coefficient (Wildman–Crippen LogP) is 1.89. The van der Waals surface area contributed by atoms with Crippen molar-refractivity contribution in [3.8, 4) is 0 Å². The Bertz CT molecular complexity index is 367. The van der Waals surface area contributed by atoms with E-state index in [-0.39, 0.29) is 13.2 Å². The Morgan fingerprint density at radius 2 is 1.56 bits per heavy atom. The smallest absolute Gasteiger partial charge is 0.0447 e. The van der Waals surface area contributed by atoms with Crippen molar-refractivity contribution in [3.63, 3.8) is 0 Å². The van der Waals surface area contributed by atoms with E-state index in [1.165, 1.54) is 11.1 Å². The van der Waals surface area contributed by atoms with Crippen LogP contribution in [0.1, 0.15) is 24.0 Å². The Morgan fingerprint density at radius 1 is 0.944 bits per heavy atom. The van der Waals surface area contributed by atoms with Gasteiger partial charge in [-0.05, 0) is 43.9 Å². The molecule has 0 atom stereocenters. The lowest BCUT2D eigenvalue weighted by atomic mass is 10.1. The molecule has 0 fully saturated rings. The molecule has 4 heteroatoms. The number of hydrogen-bond donors (Lipinski definition) is 4. The first-order valence-electron chi connectivity index (χ1n) is 6.50. The van der Waals surface area contributed by atoms with Crippen LogP contribution in [0.4, 0.5) is 11.4 Å². The molecule has 0 saturated heterocycles. The average molecular weight is 252 g/mol. The van der Waals surface area contributed by atoms with Gasteiger partial charge >= 0.3 is 0 Å². The van der Waals surface area contributed by atoms with Gasteiger partial charge in [0, 0.05) is 37.7 Å². The van der Waals surface area contributed by atoms with Crippen LogP contribution < -0.4 is 10.6 Å². The van der Waals surface area contributed by atoms with E-state index >= 15 is 0 Å². The molecule has 0 aliphatic carbocycles. The monoisotopic (exact) mass is 252 g/mol. The van der Waals surface area contributed by atoms with Gasteiger partial charge in [-0.1, -0.05) is 6.07 Å². The van der Waals surface area contributed by atoms with Crippen LogP contribution in [-0.2, 0) is 0 Å². The van der Waals surface area contributed by atoms with E-state index in [0.717, 1.165) is 37.3 Å². The highest BCUT2D eigenvalue weighted by Crippen LogP contribution is 2.27. The molecule has 4 N–H and O–H groups in total. The van der Waals surface area contributed by atoms with Gasteiger partial charge in [-0.2, -0.15) is 0 Å². The normalized spacial score (nSPS) is 10.4. The Morgan fingerprint density at radius 3 is 2.17 bits per heavy atom. The summed E-state index contributed by atoms with van der Waals surface area (Å²) in [6.45, 7) is 6.12. The quantitative estimate of drug-likeness (QED) is 0.534. The van der Waals surface area contributed by atoms with Crippen LogP contribution in [0.15, 0.2) is 12.1 Å². The van der Waals surface area contributed by atoms with Crippen molar-refractivity contribution in [1.82, 2.24) is 0 Å². The third kappa shape index (κ3) is 4.20. The van der Waals surface area contributed by atoms with Crippen LogP contribution in [0.5, 0.6) is 0 Å². The number of rotatable bonds is 8. The van der Waals surface area contributed by atoms with Crippen molar-refractivity contribution in [3.05, 3.63) is 23.3 Å². The fraction of sp³-hybridized carbons (Fsp3) is 0.571. The standard InChI is InChI=1S/C14H24N2O2/c1-11-5-6-13(15-7-3-9-17)12(2)14(11)16-8-4-10-18/h5-6,15-18H,3-4,7-10H2,1-2H3. The van der Waals surface area contributed by atoms with Gasteiger partial charge in [0.1, 0.15) is 0 Å². The summed E-state index contributed by atoms with van der Waals surface area (Å²) in [5.74, 6) is 0. The zero-order chi connectivity index (χ0) is 13.4. The molecule has 1 aromatic rings. The average Bonchev–Trinajstić information content (AvgIpc) is 2.36. The molecule has 4 nitrogen and oxygen atoms in total. The molecule has 0 aliphatic heterocycles. The minimum atomic E-state index is 0.208. The highest BCUT2D eigenvalue weighted by Gasteiger charge is 2.06. The van der Waals surface area contributed by atoms with E-state index in [2.05, 4.69) is 36.6 Å². The van der Waals surface area contributed by atoms with Gasteiger partial charge in [0.15, 0.2) is 0 Å². The summed E-state index contributed by atoms with van der Waals surface area (Å²) in [6.07, 6.45) is 1.50. The molecule has 0 spiro atoms. The first-order chi connectivity index (χ1) is 8.70. The summed E-state index contributed by atoms with van der Waals surface area (Å²) in [5, 5.41) is 24.3. The Labute approximate surface area is 109 Å². The molecule has 0 unspecified atom stereocenters. The van der Waals surface area contributed by atoms with Crippen LogP contribution >= 0.6 is 0 Å².